The van der Waals surface area contributed by atoms with Crippen molar-refractivity contribution in [2.45, 2.75) is 46.1 Å². The lowest BCUT2D eigenvalue weighted by Gasteiger charge is -2.23. The van der Waals surface area contributed by atoms with E-state index in [-0.39, 0.29) is 0 Å². The summed E-state index contributed by atoms with van der Waals surface area (Å²) in [7, 11) is 0. The van der Waals surface area contributed by atoms with E-state index in [1.807, 2.05) is 0 Å². The van der Waals surface area contributed by atoms with Gasteiger partial charge >= 0.3 is 0 Å². The Bertz CT molecular complexity index is 396. The van der Waals surface area contributed by atoms with Crippen molar-refractivity contribution in [3.05, 3.63) is 34.9 Å². The first-order valence-corrected chi connectivity index (χ1v) is 7.59. The summed E-state index contributed by atoms with van der Waals surface area (Å²) in [6.07, 6.45) is 3.60. The van der Waals surface area contributed by atoms with Crippen LogP contribution in [0.15, 0.2) is 18.2 Å². The highest BCUT2D eigenvalue weighted by atomic mass is 16.5. The second-order valence-corrected chi connectivity index (χ2v) is 5.83. The third kappa shape index (κ3) is 4.05. The van der Waals surface area contributed by atoms with Crippen LogP contribution >= 0.6 is 0 Å². The Kier molecular flexibility index (Phi) is 5.41. The molecule has 1 aromatic carbocycles. The van der Waals surface area contributed by atoms with E-state index in [9.17, 15) is 0 Å². The Labute approximate surface area is 117 Å². The lowest BCUT2D eigenvalue weighted by Crippen LogP contribution is -2.25. The first-order valence-electron chi connectivity index (χ1n) is 7.59. The molecule has 2 heteroatoms. The van der Waals surface area contributed by atoms with Crippen molar-refractivity contribution in [1.29, 1.82) is 0 Å². The van der Waals surface area contributed by atoms with Gasteiger partial charge in [0.1, 0.15) is 0 Å². The molecule has 1 heterocycles. The van der Waals surface area contributed by atoms with Crippen molar-refractivity contribution < 1.29 is 4.74 Å². The second kappa shape index (κ2) is 7.06. The number of rotatable bonds is 6. The summed E-state index contributed by atoms with van der Waals surface area (Å²) < 4.78 is 5.52. The van der Waals surface area contributed by atoms with Crippen molar-refractivity contribution in [2.24, 2.45) is 5.92 Å². The lowest BCUT2D eigenvalue weighted by molar-refractivity contribution is 0.181. The maximum absolute atomic E-state index is 5.52. The minimum atomic E-state index is 0.479. The summed E-state index contributed by atoms with van der Waals surface area (Å²) in [6.45, 7) is 9.59. The van der Waals surface area contributed by atoms with Crippen LogP contribution in [0.3, 0.4) is 0 Å². The maximum atomic E-state index is 5.52. The molecule has 2 rings (SSSR count). The molecule has 1 N–H and O–H groups in total. The maximum Gasteiger partial charge on any atom is 0.0495 e. The van der Waals surface area contributed by atoms with Crippen molar-refractivity contribution in [3.8, 4) is 0 Å². The van der Waals surface area contributed by atoms with Gasteiger partial charge in [0.25, 0.3) is 0 Å². The zero-order valence-electron chi connectivity index (χ0n) is 12.5. The number of benzene rings is 1. The zero-order chi connectivity index (χ0) is 13.7. The lowest BCUT2D eigenvalue weighted by atomic mass is 9.91. The van der Waals surface area contributed by atoms with Gasteiger partial charge in [0.15, 0.2) is 0 Å². The van der Waals surface area contributed by atoms with E-state index in [4.69, 9.17) is 4.74 Å². The van der Waals surface area contributed by atoms with Gasteiger partial charge in [-0.05, 0) is 56.7 Å². The molecule has 0 spiro atoms. The Morgan fingerprint density at radius 2 is 2.21 bits per heavy atom. The molecule has 1 aromatic rings. The van der Waals surface area contributed by atoms with E-state index in [2.05, 4.69) is 44.3 Å². The average molecular weight is 261 g/mol. The number of hydrogen-bond acceptors (Lipinski definition) is 2. The minimum absolute atomic E-state index is 0.479. The molecule has 2 nitrogen and oxygen atoms in total. The zero-order valence-corrected chi connectivity index (χ0v) is 12.5. The highest BCUT2D eigenvalue weighted by molar-refractivity contribution is 5.32. The quantitative estimate of drug-likeness (QED) is 0.841. The van der Waals surface area contributed by atoms with Crippen LogP contribution in [0.5, 0.6) is 0 Å². The molecule has 0 bridgehead atoms. The SMILES string of the molecule is CCCNC(CC1CCOC1)c1ccc(C)cc1C. The van der Waals surface area contributed by atoms with Gasteiger partial charge in [-0.2, -0.15) is 0 Å². The Morgan fingerprint density at radius 1 is 1.37 bits per heavy atom. The van der Waals surface area contributed by atoms with Gasteiger partial charge in [-0.25, -0.2) is 0 Å². The van der Waals surface area contributed by atoms with E-state index >= 15 is 0 Å². The predicted octanol–water partition coefficient (Wildman–Crippen LogP) is 3.77. The Hall–Kier alpha value is -0.860. The molecule has 1 fully saturated rings. The van der Waals surface area contributed by atoms with Crippen LogP contribution in [0.4, 0.5) is 0 Å². The highest BCUT2D eigenvalue weighted by Crippen LogP contribution is 2.28. The van der Waals surface area contributed by atoms with Crippen molar-refractivity contribution >= 4 is 0 Å². The van der Waals surface area contributed by atoms with E-state index < -0.39 is 0 Å². The normalized spacial score (nSPS) is 20.7. The van der Waals surface area contributed by atoms with Crippen LogP contribution in [0.1, 0.15) is 48.9 Å². The number of ether oxygens (including phenoxy) is 1. The minimum Gasteiger partial charge on any atom is -0.381 e. The van der Waals surface area contributed by atoms with Gasteiger partial charge in [-0.3, -0.25) is 0 Å². The van der Waals surface area contributed by atoms with Crippen molar-refractivity contribution in [1.82, 2.24) is 5.32 Å². The average Bonchev–Trinajstić information content (AvgIpc) is 2.88. The van der Waals surface area contributed by atoms with Crippen molar-refractivity contribution in [2.75, 3.05) is 19.8 Å². The molecule has 0 radical (unpaired) electrons. The summed E-state index contributed by atoms with van der Waals surface area (Å²) in [5, 5.41) is 3.72. The topological polar surface area (TPSA) is 21.3 Å². The van der Waals surface area contributed by atoms with Crippen LogP contribution in [0.2, 0.25) is 0 Å². The van der Waals surface area contributed by atoms with Gasteiger partial charge in [0.2, 0.25) is 0 Å². The first kappa shape index (κ1) is 14.5. The summed E-state index contributed by atoms with van der Waals surface area (Å²) in [4.78, 5) is 0. The van der Waals surface area contributed by atoms with Gasteiger partial charge in [0.05, 0.1) is 0 Å². The standard InChI is InChI=1S/C17H27NO/c1-4-8-18-17(11-15-7-9-19-12-15)16-6-5-13(2)10-14(16)3/h5-6,10,15,17-18H,4,7-9,11-12H2,1-3H3. The molecule has 0 aromatic heterocycles. The first-order chi connectivity index (χ1) is 9.20. The summed E-state index contributed by atoms with van der Waals surface area (Å²) in [6, 6.07) is 7.30. The smallest absolute Gasteiger partial charge is 0.0495 e. The summed E-state index contributed by atoms with van der Waals surface area (Å²) in [5.41, 5.74) is 4.22. The fourth-order valence-electron chi connectivity index (χ4n) is 2.96. The summed E-state index contributed by atoms with van der Waals surface area (Å²) >= 11 is 0. The Morgan fingerprint density at radius 3 is 2.84 bits per heavy atom. The third-order valence-electron chi connectivity index (χ3n) is 4.03. The number of hydrogen-bond donors (Lipinski definition) is 1. The van der Waals surface area contributed by atoms with Gasteiger partial charge in [-0.15, -0.1) is 0 Å². The molecule has 0 amide bonds. The monoisotopic (exact) mass is 261 g/mol. The summed E-state index contributed by atoms with van der Waals surface area (Å²) in [5.74, 6) is 0.718. The number of nitrogens with one attached hydrogen (secondary N) is 1. The second-order valence-electron chi connectivity index (χ2n) is 5.83. The molecule has 2 atom stereocenters. The molecule has 1 aliphatic heterocycles. The van der Waals surface area contributed by atoms with Crippen LogP contribution in [-0.4, -0.2) is 19.8 Å². The van der Waals surface area contributed by atoms with Gasteiger partial charge < -0.3 is 10.1 Å². The fourth-order valence-corrected chi connectivity index (χ4v) is 2.96. The van der Waals surface area contributed by atoms with Crippen LogP contribution < -0.4 is 5.32 Å². The van der Waals surface area contributed by atoms with E-state index in [1.165, 1.54) is 36.0 Å². The molecule has 19 heavy (non-hydrogen) atoms. The Balaban J connectivity index is 2.10. The molecule has 106 valence electrons. The predicted molar refractivity (Wildman–Crippen MR) is 80.5 cm³/mol. The molecule has 1 saturated heterocycles. The van der Waals surface area contributed by atoms with Gasteiger partial charge in [0, 0.05) is 19.3 Å². The van der Waals surface area contributed by atoms with Crippen LogP contribution in [0.25, 0.3) is 0 Å². The fraction of sp³-hybridized carbons (Fsp3) is 0.647. The molecular formula is C17H27NO. The number of aryl methyl sites for hydroxylation is 2. The van der Waals surface area contributed by atoms with Crippen LogP contribution in [-0.2, 0) is 4.74 Å². The molecule has 0 aliphatic carbocycles. The van der Waals surface area contributed by atoms with E-state index in [1.54, 1.807) is 0 Å². The van der Waals surface area contributed by atoms with E-state index in [0.717, 1.165) is 25.7 Å². The van der Waals surface area contributed by atoms with Gasteiger partial charge in [-0.1, -0.05) is 30.7 Å². The van der Waals surface area contributed by atoms with Crippen LogP contribution in [0, 0.1) is 19.8 Å². The highest BCUT2D eigenvalue weighted by Gasteiger charge is 2.22. The largest absolute Gasteiger partial charge is 0.381 e. The van der Waals surface area contributed by atoms with Crippen molar-refractivity contribution in [3.63, 3.8) is 0 Å². The molecular weight excluding hydrogens is 234 g/mol. The third-order valence-corrected chi connectivity index (χ3v) is 4.03. The molecule has 1 aliphatic rings. The molecule has 0 saturated carbocycles. The van der Waals surface area contributed by atoms with E-state index in [0.29, 0.717) is 6.04 Å². The molecule has 2 unspecified atom stereocenters.